The summed E-state index contributed by atoms with van der Waals surface area (Å²) in [6.07, 6.45) is 1.23. The standard InChI is InChI=1S/C18H25N3O3/c1-4-12-18(14-10-8-7-9-11-14)16(23)21(17(24)19-18)13-15(22)20(5-2)6-3/h7-11H,4-6,12-13H2,1-3H3,(H,19,24)/t18-/m0/s1. The highest BCUT2D eigenvalue weighted by Crippen LogP contribution is 2.33. The second-order valence-electron chi connectivity index (χ2n) is 5.91. The van der Waals surface area contributed by atoms with E-state index >= 15 is 0 Å². The van der Waals surface area contributed by atoms with Crippen LogP contribution in [0, 0.1) is 0 Å². The van der Waals surface area contributed by atoms with E-state index in [2.05, 4.69) is 5.32 Å². The van der Waals surface area contributed by atoms with Crippen LogP contribution in [0.25, 0.3) is 0 Å². The number of imide groups is 1. The van der Waals surface area contributed by atoms with Gasteiger partial charge in [-0.25, -0.2) is 4.79 Å². The first kappa shape index (κ1) is 18.0. The molecule has 0 bridgehead atoms. The van der Waals surface area contributed by atoms with Gasteiger partial charge in [-0.1, -0.05) is 43.7 Å². The first-order chi connectivity index (χ1) is 11.5. The average Bonchev–Trinajstić information content (AvgIpc) is 2.82. The van der Waals surface area contributed by atoms with E-state index < -0.39 is 11.6 Å². The molecule has 0 spiro atoms. The number of hydrogen-bond acceptors (Lipinski definition) is 3. The number of amides is 4. The Morgan fingerprint density at radius 3 is 2.29 bits per heavy atom. The number of benzene rings is 1. The summed E-state index contributed by atoms with van der Waals surface area (Å²) >= 11 is 0. The lowest BCUT2D eigenvalue weighted by atomic mass is 9.85. The number of carbonyl (C=O) groups excluding carboxylic acids is 3. The molecule has 4 amide bonds. The summed E-state index contributed by atoms with van der Waals surface area (Å²) < 4.78 is 0. The SMILES string of the molecule is CCC[C@@]1(c2ccccc2)NC(=O)N(CC(=O)N(CC)CC)C1=O. The highest BCUT2D eigenvalue weighted by molar-refractivity contribution is 6.09. The quantitative estimate of drug-likeness (QED) is 0.778. The second-order valence-corrected chi connectivity index (χ2v) is 5.91. The third-order valence-electron chi connectivity index (χ3n) is 4.48. The number of rotatable bonds is 7. The minimum atomic E-state index is -1.07. The Hall–Kier alpha value is -2.37. The van der Waals surface area contributed by atoms with Crippen molar-refractivity contribution in [3.8, 4) is 0 Å². The lowest BCUT2D eigenvalue weighted by molar-refractivity contribution is -0.139. The smallest absolute Gasteiger partial charge is 0.325 e. The Kier molecular flexibility index (Phi) is 5.59. The van der Waals surface area contributed by atoms with Gasteiger partial charge < -0.3 is 10.2 Å². The minimum absolute atomic E-state index is 0.218. The average molecular weight is 331 g/mol. The molecule has 0 radical (unpaired) electrons. The van der Waals surface area contributed by atoms with E-state index in [0.717, 1.165) is 16.9 Å². The lowest BCUT2D eigenvalue weighted by Crippen LogP contribution is -2.45. The summed E-state index contributed by atoms with van der Waals surface area (Å²) in [5.41, 5.74) is -0.320. The van der Waals surface area contributed by atoms with Gasteiger partial charge in [0.15, 0.2) is 0 Å². The van der Waals surface area contributed by atoms with Crippen molar-refractivity contribution in [1.82, 2.24) is 15.1 Å². The van der Waals surface area contributed by atoms with Crippen LogP contribution in [0.1, 0.15) is 39.2 Å². The predicted octanol–water partition coefficient (Wildman–Crippen LogP) is 2.10. The molecule has 1 aliphatic rings. The van der Waals surface area contributed by atoms with Crippen LogP contribution in [0.3, 0.4) is 0 Å². The molecule has 1 aromatic carbocycles. The van der Waals surface area contributed by atoms with E-state index in [1.807, 2.05) is 51.1 Å². The molecule has 1 aliphatic heterocycles. The van der Waals surface area contributed by atoms with Gasteiger partial charge in [0.05, 0.1) is 0 Å². The zero-order chi connectivity index (χ0) is 17.7. The van der Waals surface area contributed by atoms with Gasteiger partial charge in [0.25, 0.3) is 5.91 Å². The third kappa shape index (κ3) is 3.13. The van der Waals surface area contributed by atoms with Crippen LogP contribution < -0.4 is 5.32 Å². The monoisotopic (exact) mass is 331 g/mol. The number of carbonyl (C=O) groups is 3. The Morgan fingerprint density at radius 2 is 1.75 bits per heavy atom. The number of urea groups is 1. The summed E-state index contributed by atoms with van der Waals surface area (Å²) in [6, 6.07) is 8.73. The molecule has 1 heterocycles. The van der Waals surface area contributed by atoms with Crippen LogP contribution in [-0.2, 0) is 15.1 Å². The second kappa shape index (κ2) is 7.47. The van der Waals surface area contributed by atoms with Crippen molar-refractivity contribution >= 4 is 17.8 Å². The summed E-state index contributed by atoms with van der Waals surface area (Å²) in [5, 5.41) is 2.83. The largest absolute Gasteiger partial charge is 0.342 e. The van der Waals surface area contributed by atoms with Gasteiger partial charge in [0.2, 0.25) is 5.91 Å². The fourth-order valence-corrected chi connectivity index (χ4v) is 3.19. The molecule has 1 aromatic rings. The molecule has 130 valence electrons. The van der Waals surface area contributed by atoms with Crippen molar-refractivity contribution in [2.75, 3.05) is 19.6 Å². The minimum Gasteiger partial charge on any atom is -0.342 e. The van der Waals surface area contributed by atoms with Crippen molar-refractivity contribution in [3.05, 3.63) is 35.9 Å². The van der Waals surface area contributed by atoms with Crippen LogP contribution in [-0.4, -0.2) is 47.3 Å². The molecule has 6 nitrogen and oxygen atoms in total. The molecule has 24 heavy (non-hydrogen) atoms. The summed E-state index contributed by atoms with van der Waals surface area (Å²) in [7, 11) is 0. The zero-order valence-corrected chi connectivity index (χ0v) is 14.5. The molecule has 1 saturated heterocycles. The number of nitrogens with one attached hydrogen (secondary N) is 1. The molecule has 0 aromatic heterocycles. The fourth-order valence-electron chi connectivity index (χ4n) is 3.19. The van der Waals surface area contributed by atoms with Crippen LogP contribution >= 0.6 is 0 Å². The van der Waals surface area contributed by atoms with Crippen molar-refractivity contribution < 1.29 is 14.4 Å². The van der Waals surface area contributed by atoms with Gasteiger partial charge in [0.1, 0.15) is 12.1 Å². The topological polar surface area (TPSA) is 69.7 Å². The molecule has 1 atom stereocenters. The Labute approximate surface area is 142 Å². The highest BCUT2D eigenvalue weighted by atomic mass is 16.2. The maximum atomic E-state index is 13.0. The van der Waals surface area contributed by atoms with Gasteiger partial charge in [-0.15, -0.1) is 0 Å². The van der Waals surface area contributed by atoms with Gasteiger partial charge in [0, 0.05) is 13.1 Å². The molecule has 0 unspecified atom stereocenters. The maximum Gasteiger partial charge on any atom is 0.325 e. The van der Waals surface area contributed by atoms with Gasteiger partial charge in [-0.3, -0.25) is 14.5 Å². The molecule has 1 fully saturated rings. The first-order valence-electron chi connectivity index (χ1n) is 8.47. The van der Waals surface area contributed by atoms with Crippen LogP contribution in [0.4, 0.5) is 4.79 Å². The van der Waals surface area contributed by atoms with Crippen molar-refractivity contribution in [3.63, 3.8) is 0 Å². The van der Waals surface area contributed by atoms with E-state index in [9.17, 15) is 14.4 Å². The molecule has 6 heteroatoms. The van der Waals surface area contributed by atoms with Crippen molar-refractivity contribution in [2.24, 2.45) is 0 Å². The lowest BCUT2D eigenvalue weighted by Gasteiger charge is -2.27. The van der Waals surface area contributed by atoms with Crippen molar-refractivity contribution in [2.45, 2.75) is 39.2 Å². The summed E-state index contributed by atoms with van der Waals surface area (Å²) in [6.45, 7) is 6.60. The van der Waals surface area contributed by atoms with Gasteiger partial charge in [-0.05, 0) is 25.8 Å². The third-order valence-corrected chi connectivity index (χ3v) is 4.48. The van der Waals surface area contributed by atoms with Crippen LogP contribution in [0.2, 0.25) is 0 Å². The first-order valence-corrected chi connectivity index (χ1v) is 8.47. The Bertz CT molecular complexity index is 613. The molecule has 1 N–H and O–H groups in total. The molecule has 0 saturated carbocycles. The molecule has 0 aliphatic carbocycles. The van der Waals surface area contributed by atoms with E-state index in [0.29, 0.717) is 19.5 Å². The summed E-state index contributed by atoms with van der Waals surface area (Å²) in [5.74, 6) is -0.565. The van der Waals surface area contributed by atoms with E-state index in [-0.39, 0.29) is 18.4 Å². The maximum absolute atomic E-state index is 13.0. The van der Waals surface area contributed by atoms with Gasteiger partial charge in [-0.2, -0.15) is 0 Å². The van der Waals surface area contributed by atoms with E-state index in [1.54, 1.807) is 4.90 Å². The molecular formula is C18H25N3O3. The van der Waals surface area contributed by atoms with Crippen molar-refractivity contribution in [1.29, 1.82) is 0 Å². The number of nitrogens with zero attached hydrogens (tertiary/aromatic N) is 2. The fraction of sp³-hybridized carbons (Fsp3) is 0.500. The highest BCUT2D eigenvalue weighted by Gasteiger charge is 2.52. The predicted molar refractivity (Wildman–Crippen MR) is 91.2 cm³/mol. The number of hydrogen-bond donors (Lipinski definition) is 1. The van der Waals surface area contributed by atoms with Crippen LogP contribution in [0.15, 0.2) is 30.3 Å². The normalized spacial score (nSPS) is 20.2. The Morgan fingerprint density at radius 1 is 1.12 bits per heavy atom. The Balaban J connectivity index is 2.30. The number of likely N-dealkylation sites (N-methyl/N-ethyl adjacent to an activating group) is 1. The summed E-state index contributed by atoms with van der Waals surface area (Å²) in [4.78, 5) is 40.4. The molecule has 2 rings (SSSR count). The van der Waals surface area contributed by atoms with Gasteiger partial charge >= 0.3 is 6.03 Å². The van der Waals surface area contributed by atoms with Crippen LogP contribution in [0.5, 0.6) is 0 Å². The van der Waals surface area contributed by atoms with E-state index in [4.69, 9.17) is 0 Å². The molecular weight excluding hydrogens is 306 g/mol. The zero-order valence-electron chi connectivity index (χ0n) is 14.5. The van der Waals surface area contributed by atoms with E-state index in [1.165, 1.54) is 0 Å².